The molecular formula is C13H17FN4O. The lowest BCUT2D eigenvalue weighted by atomic mass is 10.1. The molecule has 0 radical (unpaired) electrons. The van der Waals surface area contributed by atoms with Crippen LogP contribution in [-0.4, -0.2) is 21.0 Å². The molecule has 0 aliphatic carbocycles. The van der Waals surface area contributed by atoms with Crippen LogP contribution in [0.2, 0.25) is 0 Å². The molecule has 1 heterocycles. The van der Waals surface area contributed by atoms with Crippen LogP contribution >= 0.6 is 0 Å². The number of aryl methyl sites for hydroxylation is 1. The van der Waals surface area contributed by atoms with Crippen molar-refractivity contribution in [3.63, 3.8) is 0 Å². The maximum atomic E-state index is 13.2. The number of nitrogens with two attached hydrogens (primary N) is 1. The molecule has 0 aliphatic rings. The minimum absolute atomic E-state index is 0.0549. The number of nitrogens with zero attached hydrogens (tertiary/aromatic N) is 3. The highest BCUT2D eigenvalue weighted by atomic mass is 19.1. The number of hydrogen-bond donors (Lipinski definition) is 1. The first kappa shape index (κ1) is 13.5. The van der Waals surface area contributed by atoms with E-state index in [9.17, 15) is 4.39 Å². The zero-order chi connectivity index (χ0) is 13.8. The Bertz CT molecular complexity index is 553. The molecule has 0 bridgehead atoms. The topological polar surface area (TPSA) is 66.0 Å². The standard InChI is InChI=1S/C13H17FN4O/c1-9(15)5-10-6-11(14)3-4-13(10)19-8-12-7-18(2)17-16-12/h3-4,6-7,9H,5,8,15H2,1-2H3. The Balaban J connectivity index is 2.10. The molecule has 0 aliphatic heterocycles. The van der Waals surface area contributed by atoms with Crippen LogP contribution in [0.3, 0.4) is 0 Å². The summed E-state index contributed by atoms with van der Waals surface area (Å²) >= 11 is 0. The molecule has 102 valence electrons. The average molecular weight is 264 g/mol. The summed E-state index contributed by atoms with van der Waals surface area (Å²) in [5, 5.41) is 7.75. The average Bonchev–Trinajstić information content (AvgIpc) is 2.73. The van der Waals surface area contributed by atoms with Crippen molar-refractivity contribution in [3.8, 4) is 5.75 Å². The van der Waals surface area contributed by atoms with Crippen LogP contribution in [0.15, 0.2) is 24.4 Å². The largest absolute Gasteiger partial charge is 0.487 e. The van der Waals surface area contributed by atoms with E-state index >= 15 is 0 Å². The molecule has 1 aromatic carbocycles. The van der Waals surface area contributed by atoms with Crippen molar-refractivity contribution in [3.05, 3.63) is 41.5 Å². The van der Waals surface area contributed by atoms with Gasteiger partial charge in [-0.2, -0.15) is 0 Å². The Labute approximate surface area is 111 Å². The fraction of sp³-hybridized carbons (Fsp3) is 0.385. The number of ether oxygens (including phenoxy) is 1. The first-order chi connectivity index (χ1) is 9.04. The Kier molecular flexibility index (Phi) is 4.11. The molecule has 1 aromatic heterocycles. The van der Waals surface area contributed by atoms with E-state index in [2.05, 4.69) is 10.3 Å². The van der Waals surface area contributed by atoms with E-state index in [4.69, 9.17) is 10.5 Å². The smallest absolute Gasteiger partial charge is 0.134 e. The molecule has 0 saturated carbocycles. The lowest BCUT2D eigenvalue weighted by Gasteiger charge is -2.12. The summed E-state index contributed by atoms with van der Waals surface area (Å²) in [5.74, 6) is 0.340. The van der Waals surface area contributed by atoms with E-state index in [1.807, 2.05) is 6.92 Å². The third kappa shape index (κ3) is 3.75. The quantitative estimate of drug-likeness (QED) is 0.887. The Morgan fingerprint density at radius 3 is 2.89 bits per heavy atom. The maximum Gasteiger partial charge on any atom is 0.134 e. The SMILES string of the molecule is CC(N)Cc1cc(F)ccc1OCc1cn(C)nn1. The number of hydrogen-bond acceptors (Lipinski definition) is 4. The van der Waals surface area contributed by atoms with Crippen LogP contribution in [0.1, 0.15) is 18.2 Å². The van der Waals surface area contributed by atoms with Gasteiger partial charge in [-0.15, -0.1) is 5.10 Å². The van der Waals surface area contributed by atoms with Gasteiger partial charge in [-0.05, 0) is 37.1 Å². The van der Waals surface area contributed by atoms with Crippen molar-refractivity contribution in [2.24, 2.45) is 12.8 Å². The van der Waals surface area contributed by atoms with Crippen LogP contribution in [0, 0.1) is 5.82 Å². The van der Waals surface area contributed by atoms with Gasteiger partial charge in [-0.25, -0.2) is 4.39 Å². The molecule has 0 saturated heterocycles. The lowest BCUT2D eigenvalue weighted by molar-refractivity contribution is 0.297. The minimum atomic E-state index is -0.289. The van der Waals surface area contributed by atoms with E-state index in [0.29, 0.717) is 18.8 Å². The van der Waals surface area contributed by atoms with Crippen molar-refractivity contribution in [2.75, 3.05) is 0 Å². The fourth-order valence-electron chi connectivity index (χ4n) is 1.81. The van der Waals surface area contributed by atoms with Crippen molar-refractivity contribution >= 4 is 0 Å². The predicted octanol–water partition coefficient (Wildman–Crippen LogP) is 1.42. The monoisotopic (exact) mass is 264 g/mol. The van der Waals surface area contributed by atoms with Gasteiger partial charge in [0.15, 0.2) is 0 Å². The van der Waals surface area contributed by atoms with Gasteiger partial charge < -0.3 is 10.5 Å². The first-order valence-corrected chi connectivity index (χ1v) is 6.06. The summed E-state index contributed by atoms with van der Waals surface area (Å²) < 4.78 is 20.5. The molecule has 5 nitrogen and oxygen atoms in total. The Morgan fingerprint density at radius 1 is 1.47 bits per heavy atom. The molecule has 0 fully saturated rings. The van der Waals surface area contributed by atoms with Crippen molar-refractivity contribution in [2.45, 2.75) is 26.0 Å². The molecule has 2 aromatic rings. The Morgan fingerprint density at radius 2 is 2.26 bits per heavy atom. The first-order valence-electron chi connectivity index (χ1n) is 6.06. The molecule has 19 heavy (non-hydrogen) atoms. The lowest BCUT2D eigenvalue weighted by Crippen LogP contribution is -2.18. The van der Waals surface area contributed by atoms with E-state index in [1.54, 1.807) is 24.0 Å². The highest BCUT2D eigenvalue weighted by Gasteiger charge is 2.09. The molecular weight excluding hydrogens is 247 g/mol. The number of benzene rings is 1. The second-order valence-electron chi connectivity index (χ2n) is 4.61. The summed E-state index contributed by atoms with van der Waals surface area (Å²) in [7, 11) is 1.79. The second kappa shape index (κ2) is 5.79. The third-order valence-corrected chi connectivity index (χ3v) is 2.59. The van der Waals surface area contributed by atoms with Crippen LogP contribution in [0.5, 0.6) is 5.75 Å². The molecule has 0 amide bonds. The molecule has 1 atom stereocenters. The summed E-state index contributed by atoms with van der Waals surface area (Å²) in [6.07, 6.45) is 2.34. The summed E-state index contributed by atoms with van der Waals surface area (Å²) in [6, 6.07) is 4.39. The normalized spacial score (nSPS) is 12.4. The van der Waals surface area contributed by atoms with E-state index in [-0.39, 0.29) is 11.9 Å². The van der Waals surface area contributed by atoms with Crippen molar-refractivity contribution < 1.29 is 9.13 Å². The van der Waals surface area contributed by atoms with E-state index < -0.39 is 0 Å². The van der Waals surface area contributed by atoms with Gasteiger partial charge in [-0.1, -0.05) is 5.21 Å². The number of halogens is 1. The van der Waals surface area contributed by atoms with Gasteiger partial charge >= 0.3 is 0 Å². The van der Waals surface area contributed by atoms with Gasteiger partial charge in [-0.3, -0.25) is 4.68 Å². The molecule has 6 heteroatoms. The van der Waals surface area contributed by atoms with Gasteiger partial charge in [0.1, 0.15) is 23.9 Å². The number of aromatic nitrogens is 3. The van der Waals surface area contributed by atoms with Gasteiger partial charge in [0, 0.05) is 13.1 Å². The van der Waals surface area contributed by atoms with Crippen LogP contribution in [0.25, 0.3) is 0 Å². The highest BCUT2D eigenvalue weighted by molar-refractivity contribution is 5.34. The van der Waals surface area contributed by atoms with Gasteiger partial charge in [0.05, 0.1) is 6.20 Å². The maximum absolute atomic E-state index is 13.2. The number of rotatable bonds is 5. The summed E-state index contributed by atoms with van der Waals surface area (Å²) in [5.41, 5.74) is 7.23. The molecule has 2 rings (SSSR count). The molecule has 2 N–H and O–H groups in total. The zero-order valence-corrected chi connectivity index (χ0v) is 11.0. The molecule has 1 unspecified atom stereocenters. The van der Waals surface area contributed by atoms with Crippen LogP contribution < -0.4 is 10.5 Å². The van der Waals surface area contributed by atoms with Gasteiger partial charge in [0.25, 0.3) is 0 Å². The highest BCUT2D eigenvalue weighted by Crippen LogP contribution is 2.22. The van der Waals surface area contributed by atoms with Gasteiger partial charge in [0.2, 0.25) is 0 Å². The fourth-order valence-corrected chi connectivity index (χ4v) is 1.81. The minimum Gasteiger partial charge on any atom is -0.487 e. The zero-order valence-electron chi connectivity index (χ0n) is 11.0. The molecule has 0 spiro atoms. The summed E-state index contributed by atoms with van der Waals surface area (Å²) in [6.45, 7) is 2.17. The van der Waals surface area contributed by atoms with E-state index in [0.717, 1.165) is 11.3 Å². The second-order valence-corrected chi connectivity index (χ2v) is 4.61. The van der Waals surface area contributed by atoms with Crippen molar-refractivity contribution in [1.82, 2.24) is 15.0 Å². The van der Waals surface area contributed by atoms with Crippen molar-refractivity contribution in [1.29, 1.82) is 0 Å². The van der Waals surface area contributed by atoms with Crippen LogP contribution in [0.4, 0.5) is 4.39 Å². The van der Waals surface area contributed by atoms with E-state index in [1.165, 1.54) is 12.1 Å². The third-order valence-electron chi connectivity index (χ3n) is 2.59. The van der Waals surface area contributed by atoms with Crippen LogP contribution in [-0.2, 0) is 20.1 Å². The Hall–Kier alpha value is -1.95. The summed E-state index contributed by atoms with van der Waals surface area (Å²) in [4.78, 5) is 0. The predicted molar refractivity (Wildman–Crippen MR) is 69.1 cm³/mol.